The lowest BCUT2D eigenvalue weighted by Crippen LogP contribution is -2.29. The number of hydrogen-bond acceptors (Lipinski definition) is 1. The number of benzene rings is 2. The number of allylic oxidation sites excluding steroid dienone is 2. The first-order chi connectivity index (χ1) is 10.6. The summed E-state index contributed by atoms with van der Waals surface area (Å²) in [5, 5.41) is 3.32. The van der Waals surface area contributed by atoms with Crippen LogP contribution in [-0.4, -0.2) is 0 Å². The molecule has 2 aliphatic rings. The number of hydrogen-bond donors (Lipinski definition) is 1. The Labute approximate surface area is 128 Å². The number of rotatable bonds is 1. The Morgan fingerprint density at radius 3 is 2.64 bits per heavy atom. The molecule has 1 nitrogen and oxygen atoms in total. The Balaban J connectivity index is 1.82. The normalized spacial score (nSPS) is 25.5. The van der Waals surface area contributed by atoms with E-state index in [0.717, 1.165) is 23.6 Å². The van der Waals surface area contributed by atoms with E-state index in [4.69, 9.17) is 0 Å². The number of fused-ring (bicyclic) bond motifs is 3. The summed E-state index contributed by atoms with van der Waals surface area (Å²) < 4.78 is 27.8. The van der Waals surface area contributed by atoms with Crippen LogP contribution in [0.1, 0.15) is 35.1 Å². The number of nitrogens with one attached hydrogen (secondary N) is 1. The third-order valence-corrected chi connectivity index (χ3v) is 4.82. The van der Waals surface area contributed by atoms with E-state index >= 15 is 0 Å². The van der Waals surface area contributed by atoms with Crippen LogP contribution in [0.25, 0.3) is 0 Å². The topological polar surface area (TPSA) is 12.0 Å². The van der Waals surface area contributed by atoms with Crippen molar-refractivity contribution in [2.24, 2.45) is 5.92 Å². The van der Waals surface area contributed by atoms with Crippen LogP contribution >= 0.6 is 0 Å². The van der Waals surface area contributed by atoms with Crippen LogP contribution in [0.4, 0.5) is 14.5 Å². The minimum atomic E-state index is -0.508. The van der Waals surface area contributed by atoms with Gasteiger partial charge in [0.25, 0.3) is 0 Å². The van der Waals surface area contributed by atoms with Gasteiger partial charge in [-0.15, -0.1) is 0 Å². The van der Waals surface area contributed by atoms with Gasteiger partial charge in [0, 0.05) is 12.0 Å². The van der Waals surface area contributed by atoms with Gasteiger partial charge in [-0.2, -0.15) is 0 Å². The Kier molecular flexibility index (Phi) is 3.03. The Hall–Kier alpha value is -2.16. The van der Waals surface area contributed by atoms with Crippen LogP contribution in [-0.2, 0) is 0 Å². The van der Waals surface area contributed by atoms with Gasteiger partial charge in [0.2, 0.25) is 0 Å². The first kappa shape index (κ1) is 13.5. The fraction of sp³-hybridized carbons (Fsp3) is 0.263. The molecule has 1 aliphatic heterocycles. The minimum Gasteiger partial charge on any atom is -0.375 e. The van der Waals surface area contributed by atoms with Crippen LogP contribution in [0.15, 0.2) is 48.6 Å². The molecule has 0 fully saturated rings. The zero-order valence-corrected chi connectivity index (χ0v) is 12.3. The molecule has 3 heteroatoms. The third-order valence-electron chi connectivity index (χ3n) is 4.82. The van der Waals surface area contributed by atoms with Gasteiger partial charge >= 0.3 is 0 Å². The van der Waals surface area contributed by atoms with Crippen molar-refractivity contribution in [1.29, 1.82) is 0 Å². The monoisotopic (exact) mass is 297 g/mol. The van der Waals surface area contributed by atoms with Crippen LogP contribution in [0.2, 0.25) is 0 Å². The van der Waals surface area contributed by atoms with Gasteiger partial charge in [0.15, 0.2) is 0 Å². The van der Waals surface area contributed by atoms with Crippen molar-refractivity contribution in [1.82, 2.24) is 0 Å². The smallest absolute Gasteiger partial charge is 0.149 e. The standard InChI is InChI=1S/C19H17F2N/c1-11-5-7-12(8-6-11)18-15-4-2-3-14(15)16-9-13(20)10-17(21)19(16)22-18/h2-3,5-10,14-15,18,22H,4H2,1H3/t14-,15+,18+/m1/s1. The predicted octanol–water partition coefficient (Wildman–Crippen LogP) is 5.10. The highest BCUT2D eigenvalue weighted by Crippen LogP contribution is 2.50. The van der Waals surface area contributed by atoms with E-state index in [1.807, 2.05) is 0 Å². The molecule has 22 heavy (non-hydrogen) atoms. The van der Waals surface area contributed by atoms with E-state index in [9.17, 15) is 8.78 Å². The largest absolute Gasteiger partial charge is 0.375 e. The van der Waals surface area contributed by atoms with Gasteiger partial charge in [0.05, 0.1) is 11.7 Å². The maximum atomic E-state index is 14.2. The highest BCUT2D eigenvalue weighted by Gasteiger charge is 2.39. The molecule has 0 saturated carbocycles. The molecule has 3 atom stereocenters. The summed E-state index contributed by atoms with van der Waals surface area (Å²) in [4.78, 5) is 0. The molecule has 0 spiro atoms. The summed E-state index contributed by atoms with van der Waals surface area (Å²) in [6.45, 7) is 2.05. The second-order valence-electron chi connectivity index (χ2n) is 6.24. The van der Waals surface area contributed by atoms with E-state index in [1.54, 1.807) is 0 Å². The summed E-state index contributed by atoms with van der Waals surface area (Å²) >= 11 is 0. The van der Waals surface area contributed by atoms with E-state index < -0.39 is 11.6 Å². The van der Waals surface area contributed by atoms with Crippen molar-refractivity contribution in [3.63, 3.8) is 0 Å². The molecule has 0 aromatic heterocycles. The molecule has 0 bridgehead atoms. The molecule has 0 saturated heterocycles. The maximum Gasteiger partial charge on any atom is 0.149 e. The van der Waals surface area contributed by atoms with Gasteiger partial charge in [0.1, 0.15) is 11.6 Å². The van der Waals surface area contributed by atoms with Crippen molar-refractivity contribution in [2.75, 3.05) is 5.32 Å². The summed E-state index contributed by atoms with van der Waals surface area (Å²) in [6.07, 6.45) is 5.13. The van der Waals surface area contributed by atoms with Crippen LogP contribution < -0.4 is 5.32 Å². The number of halogens is 2. The zero-order valence-electron chi connectivity index (χ0n) is 12.3. The van der Waals surface area contributed by atoms with Crippen molar-refractivity contribution >= 4 is 5.69 Å². The highest BCUT2D eigenvalue weighted by molar-refractivity contribution is 5.60. The van der Waals surface area contributed by atoms with Crippen LogP contribution in [0.5, 0.6) is 0 Å². The quantitative estimate of drug-likeness (QED) is 0.722. The van der Waals surface area contributed by atoms with Gasteiger partial charge in [-0.3, -0.25) is 0 Å². The van der Waals surface area contributed by atoms with Crippen LogP contribution in [0, 0.1) is 24.5 Å². The van der Waals surface area contributed by atoms with Crippen LogP contribution in [0.3, 0.4) is 0 Å². The molecule has 1 aliphatic carbocycles. The van der Waals surface area contributed by atoms with Crippen molar-refractivity contribution in [2.45, 2.75) is 25.3 Å². The number of anilines is 1. The lowest BCUT2D eigenvalue weighted by molar-refractivity contribution is 0.418. The van der Waals surface area contributed by atoms with Crippen molar-refractivity contribution in [3.8, 4) is 0 Å². The predicted molar refractivity (Wildman–Crippen MR) is 83.9 cm³/mol. The molecule has 1 heterocycles. The molecule has 4 rings (SSSR count). The van der Waals surface area contributed by atoms with Gasteiger partial charge in [-0.25, -0.2) is 8.78 Å². The van der Waals surface area contributed by atoms with Crippen molar-refractivity contribution < 1.29 is 8.78 Å². The molecule has 0 amide bonds. The van der Waals surface area contributed by atoms with Gasteiger partial charge in [-0.05, 0) is 36.5 Å². The Morgan fingerprint density at radius 1 is 1.09 bits per heavy atom. The SMILES string of the molecule is Cc1ccc([C@@H]2Nc3c(F)cc(F)cc3[C@@H]3C=CC[C@@H]32)cc1. The van der Waals surface area contributed by atoms with E-state index in [1.165, 1.54) is 11.6 Å². The molecule has 0 radical (unpaired) electrons. The fourth-order valence-electron chi connectivity index (χ4n) is 3.72. The van der Waals surface area contributed by atoms with Gasteiger partial charge < -0.3 is 5.32 Å². The first-order valence-corrected chi connectivity index (χ1v) is 7.62. The van der Waals surface area contributed by atoms with E-state index in [0.29, 0.717) is 11.6 Å². The summed E-state index contributed by atoms with van der Waals surface area (Å²) in [6, 6.07) is 10.8. The highest BCUT2D eigenvalue weighted by atomic mass is 19.1. The summed E-state index contributed by atoms with van der Waals surface area (Å²) in [7, 11) is 0. The van der Waals surface area contributed by atoms with E-state index in [2.05, 4.69) is 48.7 Å². The molecule has 112 valence electrons. The average molecular weight is 297 g/mol. The number of aryl methyl sites for hydroxylation is 1. The molecule has 2 aromatic rings. The van der Waals surface area contributed by atoms with Gasteiger partial charge in [-0.1, -0.05) is 42.0 Å². The zero-order chi connectivity index (χ0) is 15.3. The third kappa shape index (κ3) is 2.04. The fourth-order valence-corrected chi connectivity index (χ4v) is 3.72. The first-order valence-electron chi connectivity index (χ1n) is 7.62. The molecule has 0 unspecified atom stereocenters. The lowest BCUT2D eigenvalue weighted by Gasteiger charge is -2.37. The Morgan fingerprint density at radius 2 is 1.86 bits per heavy atom. The van der Waals surface area contributed by atoms with E-state index in [-0.39, 0.29) is 12.0 Å². The minimum absolute atomic E-state index is 0.0491. The molecule has 1 N–H and O–H groups in total. The summed E-state index contributed by atoms with van der Waals surface area (Å²) in [5.41, 5.74) is 3.53. The molecular weight excluding hydrogens is 280 g/mol. The molecule has 2 aromatic carbocycles. The Bertz CT molecular complexity index is 749. The summed E-state index contributed by atoms with van der Waals surface area (Å²) in [5.74, 6) is -0.638. The second kappa shape index (κ2) is 4.94. The van der Waals surface area contributed by atoms with Crippen molar-refractivity contribution in [3.05, 3.63) is 76.9 Å². The average Bonchev–Trinajstić information content (AvgIpc) is 2.97. The second-order valence-corrected chi connectivity index (χ2v) is 6.24. The molecular formula is C19H17F2N. The lowest BCUT2D eigenvalue weighted by atomic mass is 9.77. The maximum absolute atomic E-state index is 14.2.